The summed E-state index contributed by atoms with van der Waals surface area (Å²) in [6, 6.07) is 6.40. The molecular weight excluding hydrogens is 348 g/mol. The standard InChI is InChI=1S/C18H23F2NO3S/c1-3-24-17(23)18(19,20)12-15(21-11-5-6-16(21)22)13-7-9-14(10-8-13)25-4-2/h7-10,15H,3-6,11-12H2,1-2H3. The van der Waals surface area contributed by atoms with Crippen LogP contribution in [0.15, 0.2) is 29.2 Å². The molecule has 1 saturated heterocycles. The second-order valence-electron chi connectivity index (χ2n) is 5.84. The molecular formula is C18H23F2NO3S. The number of amides is 1. The van der Waals surface area contributed by atoms with Crippen LogP contribution in [0.25, 0.3) is 0 Å². The average Bonchev–Trinajstić information content (AvgIpc) is 3.00. The third kappa shape index (κ3) is 4.93. The van der Waals surface area contributed by atoms with Gasteiger partial charge in [0.25, 0.3) is 0 Å². The first-order valence-corrected chi connectivity index (χ1v) is 9.45. The molecule has 1 aliphatic rings. The van der Waals surface area contributed by atoms with Crippen molar-refractivity contribution in [2.24, 2.45) is 0 Å². The van der Waals surface area contributed by atoms with Crippen LogP contribution in [0.1, 0.15) is 44.7 Å². The Balaban J connectivity index is 2.27. The highest BCUT2D eigenvalue weighted by Gasteiger charge is 2.45. The van der Waals surface area contributed by atoms with Gasteiger partial charge in [-0.15, -0.1) is 11.8 Å². The zero-order valence-corrected chi connectivity index (χ0v) is 15.3. The van der Waals surface area contributed by atoms with Gasteiger partial charge in [-0.25, -0.2) is 4.79 Å². The number of hydrogen-bond donors (Lipinski definition) is 0. The fourth-order valence-electron chi connectivity index (χ4n) is 2.92. The van der Waals surface area contributed by atoms with Crippen molar-refractivity contribution in [1.29, 1.82) is 0 Å². The molecule has 0 saturated carbocycles. The number of hydrogen-bond acceptors (Lipinski definition) is 4. The molecule has 7 heteroatoms. The normalized spacial score (nSPS) is 16.2. The molecule has 0 aromatic heterocycles. The molecule has 1 amide bonds. The first kappa shape index (κ1) is 19.7. The lowest BCUT2D eigenvalue weighted by atomic mass is 9.98. The maximum Gasteiger partial charge on any atom is 0.377 e. The highest BCUT2D eigenvalue weighted by atomic mass is 32.2. The van der Waals surface area contributed by atoms with Crippen LogP contribution in [0.2, 0.25) is 0 Å². The van der Waals surface area contributed by atoms with Gasteiger partial charge in [0.05, 0.1) is 12.6 Å². The fourth-order valence-corrected chi connectivity index (χ4v) is 3.58. The van der Waals surface area contributed by atoms with E-state index < -0.39 is 24.4 Å². The number of nitrogens with zero attached hydrogens (tertiary/aromatic N) is 1. The molecule has 0 N–H and O–H groups in total. The quantitative estimate of drug-likeness (QED) is 0.511. The minimum absolute atomic E-state index is 0.106. The van der Waals surface area contributed by atoms with Crippen molar-refractivity contribution in [1.82, 2.24) is 4.90 Å². The Kier molecular flexibility index (Phi) is 6.81. The minimum atomic E-state index is -3.64. The summed E-state index contributed by atoms with van der Waals surface area (Å²) < 4.78 is 33.1. The van der Waals surface area contributed by atoms with Crippen LogP contribution < -0.4 is 0 Å². The molecule has 1 atom stereocenters. The van der Waals surface area contributed by atoms with Crippen LogP contribution in [-0.4, -0.2) is 41.6 Å². The van der Waals surface area contributed by atoms with E-state index in [0.29, 0.717) is 24.9 Å². The van der Waals surface area contributed by atoms with Crippen molar-refractivity contribution >= 4 is 23.6 Å². The molecule has 1 aromatic rings. The molecule has 0 aliphatic carbocycles. The zero-order valence-electron chi connectivity index (χ0n) is 14.5. The van der Waals surface area contributed by atoms with E-state index in [9.17, 15) is 18.4 Å². The first-order chi connectivity index (χ1) is 11.9. The van der Waals surface area contributed by atoms with Crippen LogP contribution in [0, 0.1) is 0 Å². The Bertz CT molecular complexity index is 607. The Morgan fingerprint density at radius 1 is 1.32 bits per heavy atom. The summed E-state index contributed by atoms with van der Waals surface area (Å²) in [6.07, 6.45) is 0.229. The summed E-state index contributed by atoms with van der Waals surface area (Å²) in [6.45, 7) is 3.84. The van der Waals surface area contributed by atoms with Crippen LogP contribution in [0.5, 0.6) is 0 Å². The second-order valence-corrected chi connectivity index (χ2v) is 7.18. The van der Waals surface area contributed by atoms with Gasteiger partial charge < -0.3 is 9.64 Å². The van der Waals surface area contributed by atoms with Gasteiger partial charge >= 0.3 is 11.9 Å². The van der Waals surface area contributed by atoms with Crippen molar-refractivity contribution in [2.45, 2.75) is 50.0 Å². The summed E-state index contributed by atoms with van der Waals surface area (Å²) in [4.78, 5) is 26.2. The summed E-state index contributed by atoms with van der Waals surface area (Å²) in [5.74, 6) is -4.42. The number of halogens is 2. The van der Waals surface area contributed by atoms with Gasteiger partial charge in [-0.05, 0) is 36.8 Å². The highest BCUT2D eigenvalue weighted by Crippen LogP contribution is 2.36. The highest BCUT2D eigenvalue weighted by molar-refractivity contribution is 7.99. The van der Waals surface area contributed by atoms with Crippen molar-refractivity contribution in [3.8, 4) is 0 Å². The Morgan fingerprint density at radius 3 is 2.52 bits per heavy atom. The monoisotopic (exact) mass is 371 g/mol. The van der Waals surface area contributed by atoms with Crippen molar-refractivity contribution < 1.29 is 23.1 Å². The van der Waals surface area contributed by atoms with Crippen molar-refractivity contribution in [2.75, 3.05) is 18.9 Å². The first-order valence-electron chi connectivity index (χ1n) is 8.46. The number of alkyl halides is 2. The van der Waals surface area contributed by atoms with Gasteiger partial charge in [0.1, 0.15) is 0 Å². The van der Waals surface area contributed by atoms with Gasteiger partial charge in [-0.1, -0.05) is 19.1 Å². The lowest BCUT2D eigenvalue weighted by molar-refractivity contribution is -0.175. The average molecular weight is 371 g/mol. The molecule has 0 radical (unpaired) electrons. The predicted octanol–water partition coefficient (Wildman–Crippen LogP) is 4.05. The van der Waals surface area contributed by atoms with Gasteiger partial charge in [0, 0.05) is 24.3 Å². The van der Waals surface area contributed by atoms with E-state index in [0.717, 1.165) is 10.6 Å². The molecule has 0 spiro atoms. The Hall–Kier alpha value is -1.63. The van der Waals surface area contributed by atoms with E-state index in [-0.39, 0.29) is 12.5 Å². The molecule has 4 nitrogen and oxygen atoms in total. The van der Waals surface area contributed by atoms with E-state index in [2.05, 4.69) is 4.74 Å². The number of carbonyl (C=O) groups is 2. The molecule has 1 aliphatic heterocycles. The molecule has 1 fully saturated rings. The maximum absolute atomic E-state index is 14.3. The third-order valence-electron chi connectivity index (χ3n) is 4.09. The number of rotatable bonds is 8. The summed E-state index contributed by atoms with van der Waals surface area (Å²) >= 11 is 1.65. The summed E-state index contributed by atoms with van der Waals surface area (Å²) in [5, 5.41) is 0. The Morgan fingerprint density at radius 2 is 2.00 bits per heavy atom. The van der Waals surface area contributed by atoms with Crippen LogP contribution in [0.3, 0.4) is 0 Å². The molecule has 2 rings (SSSR count). The van der Waals surface area contributed by atoms with Crippen molar-refractivity contribution in [3.63, 3.8) is 0 Å². The SMILES string of the molecule is CCOC(=O)C(F)(F)CC(c1ccc(SCC)cc1)N1CCCC1=O. The minimum Gasteiger partial charge on any atom is -0.462 e. The van der Waals surface area contributed by atoms with E-state index in [1.165, 1.54) is 11.8 Å². The number of ether oxygens (including phenoxy) is 1. The molecule has 1 unspecified atom stereocenters. The number of carbonyl (C=O) groups excluding carboxylic acids is 2. The smallest absolute Gasteiger partial charge is 0.377 e. The molecule has 1 heterocycles. The van der Waals surface area contributed by atoms with E-state index in [1.54, 1.807) is 23.9 Å². The molecule has 1 aromatic carbocycles. The number of esters is 1. The van der Waals surface area contributed by atoms with Gasteiger partial charge in [-0.3, -0.25) is 4.79 Å². The Labute approximate surface area is 150 Å². The lowest BCUT2D eigenvalue weighted by Crippen LogP contribution is -2.39. The zero-order chi connectivity index (χ0) is 18.4. The fraction of sp³-hybridized carbons (Fsp3) is 0.556. The lowest BCUT2D eigenvalue weighted by Gasteiger charge is -2.30. The van der Waals surface area contributed by atoms with Gasteiger partial charge in [0.15, 0.2) is 0 Å². The maximum atomic E-state index is 14.3. The number of benzene rings is 1. The van der Waals surface area contributed by atoms with E-state index in [1.807, 2.05) is 19.1 Å². The third-order valence-corrected chi connectivity index (χ3v) is 4.98. The topological polar surface area (TPSA) is 46.6 Å². The van der Waals surface area contributed by atoms with Gasteiger partial charge in [0.2, 0.25) is 5.91 Å². The van der Waals surface area contributed by atoms with Crippen LogP contribution >= 0.6 is 11.8 Å². The number of thioether (sulfide) groups is 1. The van der Waals surface area contributed by atoms with Crippen LogP contribution in [-0.2, 0) is 14.3 Å². The van der Waals surface area contributed by atoms with Crippen LogP contribution in [0.4, 0.5) is 8.78 Å². The predicted molar refractivity (Wildman–Crippen MR) is 92.7 cm³/mol. The second kappa shape index (κ2) is 8.65. The number of likely N-dealkylation sites (tertiary alicyclic amines) is 1. The van der Waals surface area contributed by atoms with E-state index in [4.69, 9.17) is 0 Å². The molecule has 0 bridgehead atoms. The molecule has 25 heavy (non-hydrogen) atoms. The summed E-state index contributed by atoms with van der Waals surface area (Å²) in [7, 11) is 0. The van der Waals surface area contributed by atoms with Gasteiger partial charge in [-0.2, -0.15) is 8.78 Å². The van der Waals surface area contributed by atoms with E-state index >= 15 is 0 Å². The molecule has 138 valence electrons. The summed E-state index contributed by atoms with van der Waals surface area (Å²) in [5.41, 5.74) is 0.611. The largest absolute Gasteiger partial charge is 0.462 e. The van der Waals surface area contributed by atoms with Crippen molar-refractivity contribution in [3.05, 3.63) is 29.8 Å².